The largest absolute Gasteiger partial charge is 0.506 e. The summed E-state index contributed by atoms with van der Waals surface area (Å²) in [5, 5.41) is 18.8. The molecule has 0 spiro atoms. The van der Waals surface area contributed by atoms with Crippen LogP contribution in [0.4, 0.5) is 5.69 Å². The number of nitriles is 1. The van der Waals surface area contributed by atoms with Gasteiger partial charge in [-0.2, -0.15) is 5.26 Å². The Bertz CT molecular complexity index is 525. The van der Waals surface area contributed by atoms with E-state index in [4.69, 9.17) is 11.0 Å². The second-order valence-corrected chi connectivity index (χ2v) is 4.10. The first kappa shape index (κ1) is 14.3. The molecule has 96 valence electrons. The van der Waals surface area contributed by atoms with Gasteiger partial charge in [0.05, 0.1) is 23.4 Å². The number of nitrogens with zero attached hydrogens (tertiary/aromatic N) is 2. The average Bonchev–Trinajstić information content (AvgIpc) is 2.62. The minimum absolute atomic E-state index is 0. The molecule has 1 aliphatic heterocycles. The third-order valence-electron chi connectivity index (χ3n) is 3.05. The molecule has 1 aliphatic rings. The molecule has 1 atom stereocenters. The highest BCUT2D eigenvalue weighted by atomic mass is 35.5. The van der Waals surface area contributed by atoms with E-state index in [9.17, 15) is 9.90 Å². The van der Waals surface area contributed by atoms with Crippen molar-refractivity contribution in [1.29, 1.82) is 5.26 Å². The van der Waals surface area contributed by atoms with Crippen molar-refractivity contribution in [2.45, 2.75) is 19.4 Å². The van der Waals surface area contributed by atoms with Crippen LogP contribution in [0.1, 0.15) is 17.5 Å². The predicted octanol–water partition coefficient (Wildman–Crippen LogP) is 1.06. The molecule has 0 aromatic heterocycles. The smallest absolute Gasteiger partial charge is 0.244 e. The summed E-state index contributed by atoms with van der Waals surface area (Å²) in [6, 6.07) is 4.48. The first-order chi connectivity index (χ1) is 8.06. The lowest BCUT2D eigenvalue weighted by Gasteiger charge is -2.20. The molecular formula is C12H14ClN3O2. The number of anilines is 1. The Hall–Kier alpha value is -1.77. The molecule has 0 saturated carbocycles. The molecule has 1 fully saturated rings. The first-order valence-electron chi connectivity index (χ1n) is 5.36. The number of benzene rings is 1. The fourth-order valence-corrected chi connectivity index (χ4v) is 2.07. The van der Waals surface area contributed by atoms with E-state index < -0.39 is 6.04 Å². The van der Waals surface area contributed by atoms with Crippen molar-refractivity contribution < 1.29 is 9.90 Å². The zero-order chi connectivity index (χ0) is 12.6. The number of aromatic hydroxyl groups is 1. The summed E-state index contributed by atoms with van der Waals surface area (Å²) in [5.41, 5.74) is 7.10. The van der Waals surface area contributed by atoms with Crippen LogP contribution in [0.25, 0.3) is 0 Å². The fraction of sp³-hybridized carbons (Fsp3) is 0.333. The Labute approximate surface area is 111 Å². The van der Waals surface area contributed by atoms with Crippen molar-refractivity contribution in [2.24, 2.45) is 5.73 Å². The Kier molecular flexibility index (Phi) is 4.17. The maximum absolute atomic E-state index is 11.8. The van der Waals surface area contributed by atoms with Crippen LogP contribution in [0.5, 0.6) is 5.75 Å². The summed E-state index contributed by atoms with van der Waals surface area (Å²) in [4.78, 5) is 13.3. The van der Waals surface area contributed by atoms with Crippen LogP contribution in [0, 0.1) is 18.3 Å². The third-order valence-corrected chi connectivity index (χ3v) is 3.05. The maximum atomic E-state index is 11.8. The SMILES string of the molecule is Cc1c(C#N)ccc(O)c1N1CCC(N)C1=O.Cl. The number of hydrogen-bond acceptors (Lipinski definition) is 4. The molecule has 0 aliphatic carbocycles. The number of carbonyl (C=O) groups excluding carboxylic acids is 1. The topological polar surface area (TPSA) is 90.3 Å². The number of amides is 1. The summed E-state index contributed by atoms with van der Waals surface area (Å²) in [6.45, 7) is 2.19. The van der Waals surface area contributed by atoms with Crippen molar-refractivity contribution in [3.05, 3.63) is 23.3 Å². The van der Waals surface area contributed by atoms with Gasteiger partial charge in [-0.25, -0.2) is 0 Å². The second kappa shape index (κ2) is 5.25. The van der Waals surface area contributed by atoms with E-state index >= 15 is 0 Å². The summed E-state index contributed by atoms with van der Waals surface area (Å²) in [6.07, 6.45) is 0.564. The van der Waals surface area contributed by atoms with Gasteiger partial charge in [0.25, 0.3) is 0 Å². The fourth-order valence-electron chi connectivity index (χ4n) is 2.07. The molecule has 1 unspecified atom stereocenters. The van der Waals surface area contributed by atoms with Gasteiger partial charge in [-0.15, -0.1) is 12.4 Å². The van der Waals surface area contributed by atoms with E-state index in [1.165, 1.54) is 17.0 Å². The van der Waals surface area contributed by atoms with Gasteiger partial charge in [-0.3, -0.25) is 4.79 Å². The molecule has 1 saturated heterocycles. The van der Waals surface area contributed by atoms with Crippen molar-refractivity contribution in [3.63, 3.8) is 0 Å². The molecule has 0 radical (unpaired) electrons. The van der Waals surface area contributed by atoms with Crippen molar-refractivity contribution in [2.75, 3.05) is 11.4 Å². The van der Waals surface area contributed by atoms with E-state index in [1.807, 2.05) is 6.07 Å². The number of rotatable bonds is 1. The Morgan fingerprint density at radius 1 is 1.56 bits per heavy atom. The van der Waals surface area contributed by atoms with Gasteiger partial charge in [0.2, 0.25) is 5.91 Å². The normalized spacial score (nSPS) is 18.4. The zero-order valence-corrected chi connectivity index (χ0v) is 10.7. The van der Waals surface area contributed by atoms with E-state index in [2.05, 4.69) is 0 Å². The van der Waals surface area contributed by atoms with Crippen LogP contribution in [0.15, 0.2) is 12.1 Å². The van der Waals surface area contributed by atoms with E-state index in [-0.39, 0.29) is 24.1 Å². The molecular weight excluding hydrogens is 254 g/mol. The Morgan fingerprint density at radius 2 is 2.22 bits per heavy atom. The van der Waals surface area contributed by atoms with Crippen LogP contribution < -0.4 is 10.6 Å². The quantitative estimate of drug-likeness (QED) is 0.796. The molecule has 1 amide bonds. The molecule has 0 bridgehead atoms. The van der Waals surface area contributed by atoms with Crippen molar-refractivity contribution >= 4 is 24.0 Å². The average molecular weight is 268 g/mol. The third kappa shape index (κ3) is 2.13. The molecule has 1 aromatic carbocycles. The standard InChI is InChI=1S/C12H13N3O2.ClH/c1-7-8(6-13)2-3-10(16)11(7)15-5-4-9(14)12(15)17;/h2-3,9,16H,4-5,14H2,1H3;1H. The number of phenolic OH excluding ortho intramolecular Hbond substituents is 1. The lowest BCUT2D eigenvalue weighted by Crippen LogP contribution is -2.34. The second-order valence-electron chi connectivity index (χ2n) is 4.10. The summed E-state index contributed by atoms with van der Waals surface area (Å²) in [7, 11) is 0. The Balaban J connectivity index is 0.00000162. The van der Waals surface area contributed by atoms with Gasteiger partial charge in [-0.05, 0) is 31.0 Å². The Morgan fingerprint density at radius 3 is 2.72 bits per heavy atom. The zero-order valence-electron chi connectivity index (χ0n) is 9.88. The van der Waals surface area contributed by atoms with Crippen LogP contribution in [0.3, 0.4) is 0 Å². The highest BCUT2D eigenvalue weighted by molar-refractivity contribution is 6.01. The van der Waals surface area contributed by atoms with Gasteiger partial charge in [0.15, 0.2) is 0 Å². The van der Waals surface area contributed by atoms with Gasteiger partial charge < -0.3 is 15.7 Å². The van der Waals surface area contributed by atoms with E-state index in [1.54, 1.807) is 6.92 Å². The maximum Gasteiger partial charge on any atom is 0.244 e. The summed E-state index contributed by atoms with van der Waals surface area (Å²) < 4.78 is 0. The van der Waals surface area contributed by atoms with Crippen molar-refractivity contribution in [3.8, 4) is 11.8 Å². The molecule has 1 heterocycles. The molecule has 3 N–H and O–H groups in total. The van der Waals surface area contributed by atoms with Crippen LogP contribution in [0.2, 0.25) is 0 Å². The first-order valence-corrected chi connectivity index (χ1v) is 5.36. The van der Waals surface area contributed by atoms with Crippen LogP contribution >= 0.6 is 12.4 Å². The number of hydrogen-bond donors (Lipinski definition) is 2. The lowest BCUT2D eigenvalue weighted by molar-refractivity contribution is -0.118. The molecule has 18 heavy (non-hydrogen) atoms. The number of nitrogens with two attached hydrogens (primary N) is 1. The number of halogens is 1. The van der Waals surface area contributed by atoms with Crippen LogP contribution in [-0.2, 0) is 4.79 Å². The molecule has 1 aromatic rings. The van der Waals surface area contributed by atoms with Gasteiger partial charge in [0, 0.05) is 6.54 Å². The lowest BCUT2D eigenvalue weighted by atomic mass is 10.1. The number of carbonyl (C=O) groups is 1. The number of phenols is 1. The predicted molar refractivity (Wildman–Crippen MR) is 69.8 cm³/mol. The van der Waals surface area contributed by atoms with Gasteiger partial charge >= 0.3 is 0 Å². The highest BCUT2D eigenvalue weighted by Gasteiger charge is 2.32. The molecule has 6 heteroatoms. The van der Waals surface area contributed by atoms with Gasteiger partial charge in [0.1, 0.15) is 5.75 Å². The minimum atomic E-state index is -0.514. The molecule has 2 rings (SSSR count). The van der Waals surface area contributed by atoms with Gasteiger partial charge in [-0.1, -0.05) is 0 Å². The minimum Gasteiger partial charge on any atom is -0.506 e. The monoisotopic (exact) mass is 267 g/mol. The van der Waals surface area contributed by atoms with Crippen molar-refractivity contribution in [1.82, 2.24) is 0 Å². The summed E-state index contributed by atoms with van der Waals surface area (Å²) in [5.74, 6) is -0.206. The highest BCUT2D eigenvalue weighted by Crippen LogP contribution is 2.35. The molecule has 5 nitrogen and oxygen atoms in total. The summed E-state index contributed by atoms with van der Waals surface area (Å²) >= 11 is 0. The van der Waals surface area contributed by atoms with Crippen LogP contribution in [-0.4, -0.2) is 23.6 Å². The van der Waals surface area contributed by atoms with E-state index in [0.29, 0.717) is 29.8 Å². The van der Waals surface area contributed by atoms with E-state index in [0.717, 1.165) is 0 Å².